The molecule has 0 N–H and O–H groups in total. The van der Waals surface area contributed by atoms with Gasteiger partial charge in [0.25, 0.3) is 11.8 Å². The third-order valence-electron chi connectivity index (χ3n) is 4.92. The molecule has 29 heavy (non-hydrogen) atoms. The van der Waals surface area contributed by atoms with Crippen molar-refractivity contribution in [1.82, 2.24) is 20.0 Å². The Kier molecular flexibility index (Phi) is 5.86. The van der Waals surface area contributed by atoms with Gasteiger partial charge in [0.15, 0.2) is 6.61 Å². The first-order valence-corrected chi connectivity index (χ1v) is 10.3. The highest BCUT2D eigenvalue weighted by Gasteiger charge is 2.27. The molecular weight excluding hydrogens is 395 g/mol. The average molecular weight is 416 g/mol. The number of piperazine rings is 1. The average Bonchev–Trinajstić information content (AvgIpc) is 3.44. The molecule has 4 rings (SSSR count). The highest BCUT2D eigenvalue weighted by atomic mass is 32.1. The molecule has 0 bridgehead atoms. The predicted octanol–water partition coefficient (Wildman–Crippen LogP) is 3.22. The molecule has 0 spiro atoms. The molecule has 1 atom stereocenters. The van der Waals surface area contributed by atoms with Crippen LogP contribution < -0.4 is 4.74 Å². The van der Waals surface area contributed by atoms with Gasteiger partial charge in [0.2, 0.25) is 5.89 Å². The number of thiophene rings is 1. The minimum atomic E-state index is -0.335. The van der Waals surface area contributed by atoms with Gasteiger partial charge in [-0.15, -0.1) is 21.5 Å². The molecule has 9 heteroatoms. The maximum absolute atomic E-state index is 12.9. The third kappa shape index (κ3) is 4.63. The van der Waals surface area contributed by atoms with Crippen LogP contribution in [0.1, 0.15) is 18.9 Å². The van der Waals surface area contributed by atoms with E-state index >= 15 is 0 Å². The molecular formula is C20H21FN4O3S. The normalized spacial score (nSPS) is 16.0. The molecule has 1 unspecified atom stereocenters. The molecule has 0 aliphatic carbocycles. The van der Waals surface area contributed by atoms with E-state index in [0.29, 0.717) is 43.7 Å². The number of halogens is 1. The number of nitrogens with zero attached hydrogens (tertiary/aromatic N) is 4. The lowest BCUT2D eigenvalue weighted by atomic mass is 10.2. The molecule has 152 valence electrons. The Morgan fingerprint density at radius 2 is 1.97 bits per heavy atom. The van der Waals surface area contributed by atoms with Crippen molar-refractivity contribution < 1.29 is 18.3 Å². The van der Waals surface area contributed by atoms with Crippen LogP contribution >= 0.6 is 11.3 Å². The van der Waals surface area contributed by atoms with Gasteiger partial charge in [-0.1, -0.05) is 6.07 Å². The first-order chi connectivity index (χ1) is 14.1. The van der Waals surface area contributed by atoms with E-state index in [4.69, 9.17) is 9.15 Å². The highest BCUT2D eigenvalue weighted by molar-refractivity contribution is 7.13. The number of benzene rings is 1. The van der Waals surface area contributed by atoms with Crippen LogP contribution in [0.5, 0.6) is 5.75 Å². The fourth-order valence-corrected chi connectivity index (χ4v) is 3.83. The summed E-state index contributed by atoms with van der Waals surface area (Å²) in [5.41, 5.74) is 0. The van der Waals surface area contributed by atoms with Crippen LogP contribution in [0.15, 0.2) is 46.2 Å². The Labute approximate surface area is 171 Å². The summed E-state index contributed by atoms with van der Waals surface area (Å²) in [5.74, 6) is 1.17. The van der Waals surface area contributed by atoms with E-state index in [0.717, 1.165) is 4.88 Å². The quantitative estimate of drug-likeness (QED) is 0.614. The van der Waals surface area contributed by atoms with Crippen molar-refractivity contribution in [3.63, 3.8) is 0 Å². The van der Waals surface area contributed by atoms with Crippen LogP contribution in [0.25, 0.3) is 10.8 Å². The van der Waals surface area contributed by atoms with Crippen molar-refractivity contribution in [2.24, 2.45) is 0 Å². The number of hydrogen-bond donors (Lipinski definition) is 0. The number of carbonyl (C=O) groups is 1. The van der Waals surface area contributed by atoms with Crippen LogP contribution in [0.2, 0.25) is 0 Å². The van der Waals surface area contributed by atoms with Crippen LogP contribution in [-0.2, 0) is 4.79 Å². The van der Waals surface area contributed by atoms with Gasteiger partial charge in [0, 0.05) is 26.2 Å². The second-order valence-corrected chi connectivity index (χ2v) is 7.71. The molecule has 2 aromatic heterocycles. The van der Waals surface area contributed by atoms with Gasteiger partial charge >= 0.3 is 0 Å². The first-order valence-electron chi connectivity index (χ1n) is 9.37. The summed E-state index contributed by atoms with van der Waals surface area (Å²) in [6.45, 7) is 4.58. The zero-order chi connectivity index (χ0) is 20.2. The van der Waals surface area contributed by atoms with E-state index in [1.165, 1.54) is 24.3 Å². The van der Waals surface area contributed by atoms with Crippen LogP contribution in [0, 0.1) is 5.82 Å². The van der Waals surface area contributed by atoms with Crippen LogP contribution in [-0.4, -0.2) is 58.7 Å². The third-order valence-corrected chi connectivity index (χ3v) is 5.78. The molecule has 1 amide bonds. The van der Waals surface area contributed by atoms with Gasteiger partial charge in [0.05, 0.1) is 10.9 Å². The summed E-state index contributed by atoms with van der Waals surface area (Å²) in [7, 11) is 0. The lowest BCUT2D eigenvalue weighted by molar-refractivity contribution is -0.135. The van der Waals surface area contributed by atoms with Crippen molar-refractivity contribution in [1.29, 1.82) is 0 Å². The number of ether oxygens (including phenoxy) is 1. The van der Waals surface area contributed by atoms with E-state index in [2.05, 4.69) is 15.1 Å². The maximum atomic E-state index is 12.9. The minimum Gasteiger partial charge on any atom is -0.484 e. The molecule has 1 fully saturated rings. The zero-order valence-corrected chi connectivity index (χ0v) is 16.8. The Balaban J connectivity index is 1.27. The minimum absolute atomic E-state index is 0.0241. The smallest absolute Gasteiger partial charge is 0.260 e. The molecule has 1 aliphatic heterocycles. The van der Waals surface area contributed by atoms with Gasteiger partial charge in [-0.05, 0) is 42.6 Å². The fraction of sp³-hybridized carbons (Fsp3) is 0.350. The SMILES string of the molecule is CC(c1nnc(-c2cccs2)o1)N1CCN(C(=O)COc2ccc(F)cc2)CC1. The molecule has 0 saturated carbocycles. The molecule has 7 nitrogen and oxygen atoms in total. The van der Waals surface area contributed by atoms with Crippen LogP contribution in [0.3, 0.4) is 0 Å². The van der Waals surface area contributed by atoms with Crippen molar-refractivity contribution >= 4 is 17.2 Å². The number of aromatic nitrogens is 2. The first kappa shape index (κ1) is 19.5. The Morgan fingerprint density at radius 3 is 2.66 bits per heavy atom. The van der Waals surface area contributed by atoms with Crippen molar-refractivity contribution in [3.05, 3.63) is 53.5 Å². The molecule has 1 aliphatic rings. The molecule has 3 heterocycles. The Hall–Kier alpha value is -2.78. The summed E-state index contributed by atoms with van der Waals surface area (Å²) in [5, 5.41) is 10.3. The van der Waals surface area contributed by atoms with Crippen LogP contribution in [0.4, 0.5) is 4.39 Å². The Morgan fingerprint density at radius 1 is 1.21 bits per heavy atom. The number of hydrogen-bond acceptors (Lipinski definition) is 7. The number of carbonyl (C=O) groups excluding carboxylic acids is 1. The summed E-state index contributed by atoms with van der Waals surface area (Å²) in [4.78, 5) is 17.3. The summed E-state index contributed by atoms with van der Waals surface area (Å²) in [6, 6.07) is 9.51. The molecule has 3 aromatic rings. The Bertz CT molecular complexity index is 937. The summed E-state index contributed by atoms with van der Waals surface area (Å²) in [6.07, 6.45) is 0. The van der Waals surface area contributed by atoms with E-state index < -0.39 is 0 Å². The lowest BCUT2D eigenvalue weighted by Crippen LogP contribution is -2.50. The number of amides is 1. The zero-order valence-electron chi connectivity index (χ0n) is 16.0. The second-order valence-electron chi connectivity index (χ2n) is 6.76. The highest BCUT2D eigenvalue weighted by Crippen LogP contribution is 2.27. The number of rotatable bonds is 6. The fourth-order valence-electron chi connectivity index (χ4n) is 3.19. The van der Waals surface area contributed by atoms with Gasteiger partial charge in [0.1, 0.15) is 11.6 Å². The molecule has 1 saturated heterocycles. The van der Waals surface area contributed by atoms with E-state index in [1.807, 2.05) is 24.4 Å². The standard InChI is InChI=1S/C20H21FN4O3S/c1-14(19-22-23-20(28-19)17-3-2-12-29-17)24-8-10-25(11-9-24)18(26)13-27-16-6-4-15(21)5-7-16/h2-7,12,14H,8-11,13H2,1H3. The maximum Gasteiger partial charge on any atom is 0.260 e. The van der Waals surface area contributed by atoms with Crippen molar-refractivity contribution in [3.8, 4) is 16.5 Å². The van der Waals surface area contributed by atoms with Crippen molar-refractivity contribution in [2.75, 3.05) is 32.8 Å². The van der Waals surface area contributed by atoms with E-state index in [1.54, 1.807) is 16.2 Å². The van der Waals surface area contributed by atoms with E-state index in [-0.39, 0.29) is 24.4 Å². The topological polar surface area (TPSA) is 71.7 Å². The van der Waals surface area contributed by atoms with Gasteiger partial charge < -0.3 is 14.1 Å². The van der Waals surface area contributed by atoms with Gasteiger partial charge in [-0.2, -0.15) is 0 Å². The lowest BCUT2D eigenvalue weighted by Gasteiger charge is -2.36. The monoisotopic (exact) mass is 416 g/mol. The molecule has 0 radical (unpaired) electrons. The van der Waals surface area contributed by atoms with Gasteiger partial charge in [-0.25, -0.2) is 4.39 Å². The summed E-state index contributed by atoms with van der Waals surface area (Å²) >= 11 is 1.56. The largest absolute Gasteiger partial charge is 0.484 e. The van der Waals surface area contributed by atoms with E-state index in [9.17, 15) is 9.18 Å². The van der Waals surface area contributed by atoms with Gasteiger partial charge in [-0.3, -0.25) is 9.69 Å². The predicted molar refractivity (Wildman–Crippen MR) is 106 cm³/mol. The summed E-state index contributed by atoms with van der Waals surface area (Å²) < 4.78 is 24.2. The molecule has 1 aromatic carbocycles. The second kappa shape index (κ2) is 8.71. The van der Waals surface area contributed by atoms with Crippen molar-refractivity contribution in [2.45, 2.75) is 13.0 Å².